The molecule has 0 heterocycles. The molecule has 0 saturated heterocycles. The second-order valence-electron chi connectivity index (χ2n) is 4.96. The normalized spacial score (nSPS) is 11.3. The van der Waals surface area contributed by atoms with E-state index in [1.807, 2.05) is 27.7 Å². The zero-order chi connectivity index (χ0) is 14.7. The highest BCUT2D eigenvalue weighted by molar-refractivity contribution is 5.81. The molecule has 0 spiro atoms. The average molecular weight is 274 g/mol. The largest absolute Gasteiger partial charge is 0.377 e. The molecular formula is C14H26O5. The van der Waals surface area contributed by atoms with E-state index in [1.165, 1.54) is 0 Å². The summed E-state index contributed by atoms with van der Waals surface area (Å²) in [6.45, 7) is 9.29. The quantitative estimate of drug-likeness (QED) is 0.505. The van der Waals surface area contributed by atoms with Gasteiger partial charge in [0.05, 0.1) is 26.4 Å². The Morgan fingerprint density at radius 1 is 0.684 bits per heavy atom. The van der Waals surface area contributed by atoms with Gasteiger partial charge < -0.3 is 14.2 Å². The van der Waals surface area contributed by atoms with Crippen molar-refractivity contribution in [1.82, 2.24) is 0 Å². The van der Waals surface area contributed by atoms with E-state index >= 15 is 0 Å². The Morgan fingerprint density at radius 2 is 1.00 bits per heavy atom. The number of carbonyl (C=O) groups excluding carboxylic acids is 2. The predicted octanol–water partition coefficient (Wildman–Crippen LogP) is 1.49. The topological polar surface area (TPSA) is 61.8 Å². The third kappa shape index (κ3) is 10.8. The van der Waals surface area contributed by atoms with Crippen molar-refractivity contribution in [2.75, 3.05) is 39.6 Å². The first kappa shape index (κ1) is 18.2. The van der Waals surface area contributed by atoms with Gasteiger partial charge >= 0.3 is 0 Å². The van der Waals surface area contributed by atoms with E-state index < -0.39 is 0 Å². The summed E-state index contributed by atoms with van der Waals surface area (Å²) in [5.74, 6) is 0.201. The number of ketones is 2. The van der Waals surface area contributed by atoms with Crippen molar-refractivity contribution in [2.24, 2.45) is 11.8 Å². The number of rotatable bonds is 12. The molecule has 0 aromatic heterocycles. The molecule has 5 nitrogen and oxygen atoms in total. The minimum atomic E-state index is 0.00723. The lowest BCUT2D eigenvalue weighted by molar-refractivity contribution is -0.127. The molecule has 5 heteroatoms. The second kappa shape index (κ2) is 11.1. The highest BCUT2D eigenvalue weighted by Crippen LogP contribution is 1.95. The van der Waals surface area contributed by atoms with Gasteiger partial charge in [-0.05, 0) is 0 Å². The summed E-state index contributed by atoms with van der Waals surface area (Å²) in [5.41, 5.74) is 0. The van der Waals surface area contributed by atoms with Crippen LogP contribution in [0.2, 0.25) is 0 Å². The van der Waals surface area contributed by atoms with Crippen LogP contribution in [0.3, 0.4) is 0 Å². The molecule has 0 saturated carbocycles. The second-order valence-corrected chi connectivity index (χ2v) is 4.96. The molecule has 0 rings (SSSR count). The summed E-state index contributed by atoms with van der Waals surface area (Å²) in [4.78, 5) is 22.4. The van der Waals surface area contributed by atoms with Gasteiger partial charge in [-0.3, -0.25) is 9.59 Å². The molecule has 0 fully saturated rings. The fourth-order valence-corrected chi connectivity index (χ4v) is 1.02. The van der Waals surface area contributed by atoms with Crippen molar-refractivity contribution in [2.45, 2.75) is 27.7 Å². The van der Waals surface area contributed by atoms with E-state index in [0.29, 0.717) is 26.4 Å². The third-order valence-corrected chi connectivity index (χ3v) is 2.52. The summed E-state index contributed by atoms with van der Waals surface area (Å²) in [6.07, 6.45) is 0. The van der Waals surface area contributed by atoms with Crippen molar-refractivity contribution in [3.63, 3.8) is 0 Å². The van der Waals surface area contributed by atoms with Crippen LogP contribution in [0.5, 0.6) is 0 Å². The van der Waals surface area contributed by atoms with Crippen molar-refractivity contribution < 1.29 is 23.8 Å². The van der Waals surface area contributed by atoms with Gasteiger partial charge in [-0.2, -0.15) is 0 Å². The maximum atomic E-state index is 11.2. The fraction of sp³-hybridized carbons (Fsp3) is 0.857. The van der Waals surface area contributed by atoms with Gasteiger partial charge in [-0.25, -0.2) is 0 Å². The van der Waals surface area contributed by atoms with E-state index in [4.69, 9.17) is 14.2 Å². The molecule has 0 bridgehead atoms. The summed E-state index contributed by atoms with van der Waals surface area (Å²) in [7, 11) is 0. The predicted molar refractivity (Wildman–Crippen MR) is 72.1 cm³/mol. The van der Waals surface area contributed by atoms with Crippen LogP contribution < -0.4 is 0 Å². The Balaban J connectivity index is 3.24. The summed E-state index contributed by atoms with van der Waals surface area (Å²) < 4.78 is 15.6. The molecule has 0 amide bonds. The maximum Gasteiger partial charge on any atom is 0.160 e. The van der Waals surface area contributed by atoms with Gasteiger partial charge in [-0.15, -0.1) is 0 Å². The Morgan fingerprint density at radius 3 is 1.32 bits per heavy atom. The average Bonchev–Trinajstić information content (AvgIpc) is 2.35. The molecule has 0 aliphatic rings. The summed E-state index contributed by atoms with van der Waals surface area (Å²) in [6, 6.07) is 0. The number of Topliss-reactive ketones (excluding diaryl/α,β-unsaturated/α-hetero) is 2. The first-order valence-corrected chi connectivity index (χ1v) is 6.73. The summed E-state index contributed by atoms with van der Waals surface area (Å²) in [5, 5.41) is 0. The highest BCUT2D eigenvalue weighted by Gasteiger charge is 2.07. The van der Waals surface area contributed by atoms with Crippen LogP contribution in [0.15, 0.2) is 0 Å². The maximum absolute atomic E-state index is 11.2. The number of carbonyl (C=O) groups is 2. The molecule has 0 unspecified atom stereocenters. The molecule has 0 aromatic carbocycles. The lowest BCUT2D eigenvalue weighted by Crippen LogP contribution is -2.18. The molecule has 19 heavy (non-hydrogen) atoms. The first-order valence-electron chi connectivity index (χ1n) is 6.73. The summed E-state index contributed by atoms with van der Waals surface area (Å²) >= 11 is 0. The van der Waals surface area contributed by atoms with Gasteiger partial charge in [0.25, 0.3) is 0 Å². The molecule has 0 aromatic rings. The third-order valence-electron chi connectivity index (χ3n) is 2.52. The van der Waals surface area contributed by atoms with Crippen molar-refractivity contribution in [3.05, 3.63) is 0 Å². The smallest absolute Gasteiger partial charge is 0.160 e. The number of hydrogen-bond donors (Lipinski definition) is 0. The Hall–Kier alpha value is -0.780. The lowest BCUT2D eigenvalue weighted by Gasteiger charge is -2.08. The minimum absolute atomic E-state index is 0.00723. The fourth-order valence-electron chi connectivity index (χ4n) is 1.02. The molecule has 112 valence electrons. The van der Waals surface area contributed by atoms with Crippen LogP contribution in [-0.4, -0.2) is 51.2 Å². The number of ether oxygens (including phenoxy) is 3. The van der Waals surface area contributed by atoms with Crippen molar-refractivity contribution in [3.8, 4) is 0 Å². The zero-order valence-electron chi connectivity index (χ0n) is 12.4. The van der Waals surface area contributed by atoms with Gasteiger partial charge in [0.15, 0.2) is 11.6 Å². The van der Waals surface area contributed by atoms with Crippen molar-refractivity contribution >= 4 is 11.6 Å². The van der Waals surface area contributed by atoms with E-state index in [9.17, 15) is 9.59 Å². The van der Waals surface area contributed by atoms with Crippen LogP contribution in [0, 0.1) is 11.8 Å². The monoisotopic (exact) mass is 274 g/mol. The van der Waals surface area contributed by atoms with E-state index in [1.54, 1.807) is 0 Å². The Labute approximate surface area is 115 Å². The SMILES string of the molecule is CC(C)C(=O)COCCOCCOCC(=O)C(C)C. The van der Waals surface area contributed by atoms with E-state index in [-0.39, 0.29) is 36.6 Å². The molecule has 0 N–H and O–H groups in total. The Bertz CT molecular complexity index is 235. The molecular weight excluding hydrogens is 248 g/mol. The van der Waals surface area contributed by atoms with Gasteiger partial charge in [0.1, 0.15) is 13.2 Å². The van der Waals surface area contributed by atoms with Crippen LogP contribution >= 0.6 is 0 Å². The van der Waals surface area contributed by atoms with Crippen LogP contribution in [0.4, 0.5) is 0 Å². The molecule has 0 radical (unpaired) electrons. The molecule has 0 aliphatic carbocycles. The highest BCUT2D eigenvalue weighted by atomic mass is 16.5. The Kier molecular flexibility index (Phi) is 10.6. The van der Waals surface area contributed by atoms with E-state index in [2.05, 4.69) is 0 Å². The zero-order valence-corrected chi connectivity index (χ0v) is 12.4. The first-order chi connectivity index (χ1) is 8.95. The van der Waals surface area contributed by atoms with Crippen LogP contribution in [0.25, 0.3) is 0 Å². The minimum Gasteiger partial charge on any atom is -0.377 e. The number of hydrogen-bond acceptors (Lipinski definition) is 5. The van der Waals surface area contributed by atoms with Crippen LogP contribution in [0.1, 0.15) is 27.7 Å². The molecule has 0 aliphatic heterocycles. The van der Waals surface area contributed by atoms with Crippen molar-refractivity contribution in [1.29, 1.82) is 0 Å². The van der Waals surface area contributed by atoms with Gasteiger partial charge in [0, 0.05) is 11.8 Å². The van der Waals surface area contributed by atoms with Crippen LogP contribution in [-0.2, 0) is 23.8 Å². The van der Waals surface area contributed by atoms with Gasteiger partial charge in [0.2, 0.25) is 0 Å². The van der Waals surface area contributed by atoms with Gasteiger partial charge in [-0.1, -0.05) is 27.7 Å². The lowest BCUT2D eigenvalue weighted by atomic mass is 10.1. The standard InChI is InChI=1S/C14H26O5/c1-11(2)13(15)9-18-7-5-17-6-8-19-10-14(16)12(3)4/h11-12H,5-10H2,1-4H3. The molecule has 0 atom stereocenters. The van der Waals surface area contributed by atoms with E-state index in [0.717, 1.165) is 0 Å².